The first-order valence-corrected chi connectivity index (χ1v) is 8.98. The normalized spacial score (nSPS) is 17.3. The lowest BCUT2D eigenvalue weighted by Gasteiger charge is -2.25. The van der Waals surface area contributed by atoms with Gasteiger partial charge in [-0.2, -0.15) is 0 Å². The van der Waals surface area contributed by atoms with Crippen LogP contribution >= 0.6 is 11.8 Å². The number of benzene rings is 2. The summed E-state index contributed by atoms with van der Waals surface area (Å²) in [4.78, 5) is 18.2. The monoisotopic (exact) mass is 374 g/mol. The van der Waals surface area contributed by atoms with E-state index in [1.54, 1.807) is 6.20 Å². The Balaban J connectivity index is 1.73. The largest absolute Gasteiger partial charge is 0.321 e. The van der Waals surface area contributed by atoms with Crippen molar-refractivity contribution in [1.29, 1.82) is 0 Å². The van der Waals surface area contributed by atoms with E-state index in [0.29, 0.717) is 0 Å². The van der Waals surface area contributed by atoms with Gasteiger partial charge in [0, 0.05) is 17.1 Å². The summed E-state index contributed by atoms with van der Waals surface area (Å²) in [6.07, 6.45) is 1.66. The quantitative estimate of drug-likeness (QED) is 0.636. The summed E-state index contributed by atoms with van der Waals surface area (Å²) in [7, 11) is 0. The Morgan fingerprint density at radius 1 is 1.08 bits per heavy atom. The molecule has 1 saturated heterocycles. The van der Waals surface area contributed by atoms with E-state index in [9.17, 15) is 18.0 Å². The van der Waals surface area contributed by atoms with E-state index in [4.69, 9.17) is 0 Å². The van der Waals surface area contributed by atoms with Crippen LogP contribution in [0.3, 0.4) is 0 Å². The molecule has 1 aliphatic rings. The molecule has 3 aromatic rings. The molecule has 1 aliphatic heterocycles. The van der Waals surface area contributed by atoms with Crippen molar-refractivity contribution >= 4 is 28.6 Å². The third kappa shape index (κ3) is 2.82. The average molecular weight is 374 g/mol. The summed E-state index contributed by atoms with van der Waals surface area (Å²) in [5.41, 5.74) is 1.63. The number of para-hydroxylation sites is 1. The Kier molecular flexibility index (Phi) is 4.32. The van der Waals surface area contributed by atoms with Gasteiger partial charge in [0.25, 0.3) is 0 Å². The number of nitrogens with zero attached hydrogens (tertiary/aromatic N) is 2. The Morgan fingerprint density at radius 2 is 1.88 bits per heavy atom. The van der Waals surface area contributed by atoms with Gasteiger partial charge in [0.15, 0.2) is 17.5 Å². The molecule has 1 fully saturated rings. The Morgan fingerprint density at radius 3 is 2.73 bits per heavy atom. The topological polar surface area (TPSA) is 33.2 Å². The molecule has 0 bridgehead atoms. The van der Waals surface area contributed by atoms with Gasteiger partial charge >= 0.3 is 0 Å². The fourth-order valence-corrected chi connectivity index (χ4v) is 4.31. The molecule has 1 amide bonds. The Bertz CT molecular complexity index is 1010. The third-order valence-electron chi connectivity index (χ3n) is 4.37. The number of carbonyl (C=O) groups is 1. The molecule has 2 heterocycles. The number of thioether (sulfide) groups is 1. The molecular formula is C19H13F3N2OS. The van der Waals surface area contributed by atoms with Crippen molar-refractivity contribution < 1.29 is 18.0 Å². The highest BCUT2D eigenvalue weighted by Gasteiger charge is 2.34. The molecule has 1 atom stereocenters. The van der Waals surface area contributed by atoms with Crippen molar-refractivity contribution in [1.82, 2.24) is 9.88 Å². The summed E-state index contributed by atoms with van der Waals surface area (Å²) in [6, 6.07) is 11.4. The van der Waals surface area contributed by atoms with Crippen LogP contribution in [0.1, 0.15) is 16.5 Å². The number of pyridine rings is 1. The van der Waals surface area contributed by atoms with Crippen molar-refractivity contribution in [3.63, 3.8) is 0 Å². The van der Waals surface area contributed by atoms with Crippen LogP contribution in [-0.4, -0.2) is 21.5 Å². The van der Waals surface area contributed by atoms with E-state index in [2.05, 4.69) is 4.98 Å². The second kappa shape index (κ2) is 6.64. The van der Waals surface area contributed by atoms with Gasteiger partial charge in [0.2, 0.25) is 5.91 Å². The number of rotatable bonds is 3. The first-order chi connectivity index (χ1) is 12.6. The maximum absolute atomic E-state index is 14.1. The summed E-state index contributed by atoms with van der Waals surface area (Å²) >= 11 is 1.42. The van der Waals surface area contributed by atoms with Gasteiger partial charge in [-0.3, -0.25) is 9.78 Å². The molecule has 132 valence electrons. The van der Waals surface area contributed by atoms with Crippen LogP contribution in [0.5, 0.6) is 0 Å². The van der Waals surface area contributed by atoms with Crippen molar-refractivity contribution in [2.24, 2.45) is 0 Å². The van der Waals surface area contributed by atoms with Gasteiger partial charge in [-0.25, -0.2) is 13.2 Å². The van der Waals surface area contributed by atoms with Crippen LogP contribution in [0.2, 0.25) is 0 Å². The maximum atomic E-state index is 14.1. The third-order valence-corrected chi connectivity index (χ3v) is 5.61. The van der Waals surface area contributed by atoms with Crippen LogP contribution in [0, 0.1) is 17.5 Å². The predicted octanol–water partition coefficient (Wildman–Crippen LogP) is 4.43. The van der Waals surface area contributed by atoms with Gasteiger partial charge < -0.3 is 4.90 Å². The highest BCUT2D eigenvalue weighted by atomic mass is 32.2. The maximum Gasteiger partial charge on any atom is 0.234 e. The number of fused-ring (bicyclic) bond motifs is 1. The second-order valence-electron chi connectivity index (χ2n) is 5.94. The van der Waals surface area contributed by atoms with Crippen molar-refractivity contribution in [2.75, 3.05) is 5.75 Å². The van der Waals surface area contributed by atoms with Gasteiger partial charge in [0.05, 0.1) is 17.8 Å². The number of halogens is 3. The van der Waals surface area contributed by atoms with E-state index in [-0.39, 0.29) is 29.1 Å². The molecule has 0 spiro atoms. The lowest BCUT2D eigenvalue weighted by molar-refractivity contribution is -0.128. The molecular weight excluding hydrogens is 361 g/mol. The molecule has 26 heavy (non-hydrogen) atoms. The molecule has 4 rings (SSSR count). The van der Waals surface area contributed by atoms with Crippen LogP contribution < -0.4 is 0 Å². The van der Waals surface area contributed by atoms with Crippen LogP contribution in [0.4, 0.5) is 13.2 Å². The number of aromatic nitrogens is 1. The number of hydrogen-bond donors (Lipinski definition) is 0. The fraction of sp³-hybridized carbons (Fsp3) is 0.158. The molecule has 2 aromatic carbocycles. The first-order valence-electron chi connectivity index (χ1n) is 7.93. The molecule has 7 heteroatoms. The zero-order valence-electron chi connectivity index (χ0n) is 13.5. The molecule has 0 aliphatic carbocycles. The number of hydrogen-bond acceptors (Lipinski definition) is 3. The first kappa shape index (κ1) is 16.9. The molecule has 1 aromatic heterocycles. The highest BCUT2D eigenvalue weighted by Crippen LogP contribution is 2.42. The minimum absolute atomic E-state index is 0.0527. The standard InChI is InChI=1S/C19H13F3N2OS/c20-14-6-5-11(17(21)18(14)22)9-24-16(25)10-26-19(24)13-7-8-23-15-4-2-1-3-12(13)15/h1-8,19H,9-10H2. The summed E-state index contributed by atoms with van der Waals surface area (Å²) in [5, 5.41) is 0.556. The van der Waals surface area contributed by atoms with Gasteiger partial charge in [0.1, 0.15) is 5.37 Å². The smallest absolute Gasteiger partial charge is 0.234 e. The van der Waals surface area contributed by atoms with Crippen molar-refractivity contribution in [3.8, 4) is 0 Å². The predicted molar refractivity (Wildman–Crippen MR) is 93.8 cm³/mol. The van der Waals surface area contributed by atoms with E-state index in [0.717, 1.165) is 22.5 Å². The molecule has 0 saturated carbocycles. The zero-order chi connectivity index (χ0) is 18.3. The fourth-order valence-electron chi connectivity index (χ4n) is 3.09. The van der Waals surface area contributed by atoms with Crippen LogP contribution in [0.25, 0.3) is 10.9 Å². The SMILES string of the molecule is O=C1CSC(c2ccnc3ccccc23)N1Cc1ccc(F)c(F)c1F. The minimum atomic E-state index is -1.52. The van der Waals surface area contributed by atoms with Crippen molar-refractivity contribution in [3.05, 3.63) is 77.2 Å². The highest BCUT2D eigenvalue weighted by molar-refractivity contribution is 8.00. The minimum Gasteiger partial charge on any atom is -0.321 e. The number of amides is 1. The molecule has 3 nitrogen and oxygen atoms in total. The molecule has 0 N–H and O–H groups in total. The van der Waals surface area contributed by atoms with E-state index < -0.39 is 17.5 Å². The van der Waals surface area contributed by atoms with E-state index >= 15 is 0 Å². The van der Waals surface area contributed by atoms with E-state index in [1.165, 1.54) is 22.7 Å². The molecule has 1 unspecified atom stereocenters. The lowest BCUT2D eigenvalue weighted by atomic mass is 10.1. The Labute approximate surface area is 151 Å². The number of carbonyl (C=O) groups excluding carboxylic acids is 1. The zero-order valence-corrected chi connectivity index (χ0v) is 14.3. The van der Waals surface area contributed by atoms with Gasteiger partial charge in [-0.1, -0.05) is 24.3 Å². The molecule has 0 radical (unpaired) electrons. The average Bonchev–Trinajstić information content (AvgIpc) is 3.02. The summed E-state index contributed by atoms with van der Waals surface area (Å²) < 4.78 is 40.7. The summed E-state index contributed by atoms with van der Waals surface area (Å²) in [6.45, 7) is -0.129. The lowest BCUT2D eigenvalue weighted by Crippen LogP contribution is -2.28. The van der Waals surface area contributed by atoms with Crippen molar-refractivity contribution in [2.45, 2.75) is 11.9 Å². The van der Waals surface area contributed by atoms with Crippen LogP contribution in [-0.2, 0) is 11.3 Å². The van der Waals surface area contributed by atoms with Gasteiger partial charge in [-0.15, -0.1) is 11.8 Å². The summed E-state index contributed by atoms with van der Waals surface area (Å²) in [5.74, 6) is -3.96. The van der Waals surface area contributed by atoms with Crippen LogP contribution in [0.15, 0.2) is 48.7 Å². The second-order valence-corrected chi connectivity index (χ2v) is 7.01. The Hall–Kier alpha value is -2.54. The van der Waals surface area contributed by atoms with E-state index in [1.807, 2.05) is 30.3 Å². The van der Waals surface area contributed by atoms with Gasteiger partial charge in [-0.05, 0) is 23.8 Å².